The Morgan fingerprint density at radius 1 is 1.00 bits per heavy atom. The fourth-order valence-electron chi connectivity index (χ4n) is 3.05. The molecule has 0 atom stereocenters. The van der Waals surface area contributed by atoms with Crippen molar-refractivity contribution in [2.45, 2.75) is 63.8 Å². The second-order valence-electron chi connectivity index (χ2n) is 6.53. The van der Waals surface area contributed by atoms with Crippen molar-refractivity contribution >= 4 is 29.9 Å². The predicted octanol–water partition coefficient (Wildman–Crippen LogP) is 3.63. The van der Waals surface area contributed by atoms with Gasteiger partial charge in [-0.05, 0) is 56.5 Å². The maximum atomic E-state index is 12.2. The minimum absolute atomic E-state index is 0. The number of benzene rings is 1. The van der Waals surface area contributed by atoms with Gasteiger partial charge in [-0.25, -0.2) is 0 Å². The number of rotatable bonds is 9. The van der Waals surface area contributed by atoms with Gasteiger partial charge in [0.05, 0.1) is 0 Å². The Balaban J connectivity index is 0.00000312. The van der Waals surface area contributed by atoms with Crippen LogP contribution >= 0.6 is 12.4 Å². The molecule has 0 aromatic heterocycles. The van der Waals surface area contributed by atoms with E-state index < -0.39 is 0 Å². The van der Waals surface area contributed by atoms with Gasteiger partial charge in [-0.3, -0.25) is 9.59 Å². The second-order valence-corrected chi connectivity index (χ2v) is 6.53. The zero-order chi connectivity index (χ0) is 17.2. The summed E-state index contributed by atoms with van der Waals surface area (Å²) in [5.74, 6) is -0.00872. The number of halogens is 1. The first-order chi connectivity index (χ1) is 11.7. The van der Waals surface area contributed by atoms with Crippen LogP contribution in [0.2, 0.25) is 0 Å². The van der Waals surface area contributed by atoms with Crippen LogP contribution in [0, 0.1) is 0 Å². The summed E-state index contributed by atoms with van der Waals surface area (Å²) in [6.45, 7) is 0.715. The average molecular weight is 368 g/mol. The topological polar surface area (TPSA) is 84.2 Å². The van der Waals surface area contributed by atoms with Crippen LogP contribution in [0.15, 0.2) is 24.3 Å². The first-order valence-corrected chi connectivity index (χ1v) is 9.10. The summed E-state index contributed by atoms with van der Waals surface area (Å²) in [5, 5.41) is 5.94. The number of nitrogens with one attached hydrogen (secondary N) is 2. The Bertz CT molecular complexity index is 528. The number of anilines is 1. The Labute approximate surface area is 156 Å². The highest BCUT2D eigenvalue weighted by molar-refractivity contribution is 5.96. The molecule has 1 aromatic carbocycles. The number of hydrogen-bond acceptors (Lipinski definition) is 3. The van der Waals surface area contributed by atoms with E-state index >= 15 is 0 Å². The first-order valence-electron chi connectivity index (χ1n) is 9.10. The first kappa shape index (κ1) is 21.5. The van der Waals surface area contributed by atoms with Crippen LogP contribution in [-0.4, -0.2) is 24.4 Å². The number of unbranched alkanes of at least 4 members (excludes halogenated alkanes) is 3. The molecule has 0 unspecified atom stereocenters. The molecule has 0 aliphatic heterocycles. The van der Waals surface area contributed by atoms with E-state index in [9.17, 15) is 9.59 Å². The molecule has 1 aliphatic rings. The highest BCUT2D eigenvalue weighted by atomic mass is 35.5. The summed E-state index contributed by atoms with van der Waals surface area (Å²) in [7, 11) is 0. The summed E-state index contributed by atoms with van der Waals surface area (Å²) in [4.78, 5) is 24.0. The van der Waals surface area contributed by atoms with Gasteiger partial charge in [0, 0.05) is 23.7 Å². The lowest BCUT2D eigenvalue weighted by Gasteiger charge is -2.12. The Morgan fingerprint density at radius 2 is 1.64 bits per heavy atom. The van der Waals surface area contributed by atoms with Crippen LogP contribution in [0.1, 0.15) is 68.1 Å². The number of carbonyl (C=O) groups is 2. The molecule has 2 rings (SSSR count). The number of amides is 2. The molecule has 2 amide bonds. The highest BCUT2D eigenvalue weighted by Crippen LogP contribution is 2.18. The standard InChI is InChI=1S/C19H29N3O2.ClH/c20-14-6-2-1-3-9-18(23)21-17-12-10-15(11-13-17)19(24)22-16-7-4-5-8-16;/h10-13,16H,1-9,14,20H2,(H,21,23)(H,22,24);1H. The molecule has 25 heavy (non-hydrogen) atoms. The summed E-state index contributed by atoms with van der Waals surface area (Å²) in [6.07, 6.45) is 9.08. The largest absolute Gasteiger partial charge is 0.349 e. The maximum absolute atomic E-state index is 12.2. The van der Waals surface area contributed by atoms with Gasteiger partial charge in [0.25, 0.3) is 5.91 Å². The van der Waals surface area contributed by atoms with Crippen molar-refractivity contribution in [1.29, 1.82) is 0 Å². The van der Waals surface area contributed by atoms with Crippen LogP contribution in [0.25, 0.3) is 0 Å². The van der Waals surface area contributed by atoms with Gasteiger partial charge in [-0.1, -0.05) is 25.7 Å². The molecule has 0 saturated heterocycles. The van der Waals surface area contributed by atoms with Gasteiger partial charge >= 0.3 is 0 Å². The van der Waals surface area contributed by atoms with Gasteiger partial charge in [-0.2, -0.15) is 0 Å². The van der Waals surface area contributed by atoms with Gasteiger partial charge in [-0.15, -0.1) is 12.4 Å². The Hall–Kier alpha value is -1.59. The molecular weight excluding hydrogens is 338 g/mol. The van der Waals surface area contributed by atoms with Gasteiger partial charge in [0.15, 0.2) is 0 Å². The van der Waals surface area contributed by atoms with E-state index in [-0.39, 0.29) is 24.2 Å². The number of nitrogens with two attached hydrogens (primary N) is 1. The van der Waals surface area contributed by atoms with E-state index in [4.69, 9.17) is 5.73 Å². The third-order valence-corrected chi connectivity index (χ3v) is 4.48. The monoisotopic (exact) mass is 367 g/mol. The fourth-order valence-corrected chi connectivity index (χ4v) is 3.05. The summed E-state index contributed by atoms with van der Waals surface area (Å²) in [5.41, 5.74) is 6.82. The zero-order valence-corrected chi connectivity index (χ0v) is 15.6. The smallest absolute Gasteiger partial charge is 0.251 e. The van der Waals surface area contributed by atoms with Crippen molar-refractivity contribution in [3.05, 3.63) is 29.8 Å². The van der Waals surface area contributed by atoms with Crippen molar-refractivity contribution in [3.8, 4) is 0 Å². The molecule has 1 aliphatic carbocycles. The summed E-state index contributed by atoms with van der Waals surface area (Å²) < 4.78 is 0. The lowest BCUT2D eigenvalue weighted by molar-refractivity contribution is -0.116. The molecule has 1 aromatic rings. The van der Waals surface area contributed by atoms with Crippen molar-refractivity contribution in [2.75, 3.05) is 11.9 Å². The van der Waals surface area contributed by atoms with Crippen molar-refractivity contribution in [2.24, 2.45) is 5.73 Å². The van der Waals surface area contributed by atoms with E-state index in [1.807, 2.05) is 0 Å². The maximum Gasteiger partial charge on any atom is 0.251 e. The van der Waals surface area contributed by atoms with Crippen LogP contribution in [0.4, 0.5) is 5.69 Å². The van der Waals surface area contributed by atoms with Crippen LogP contribution in [-0.2, 0) is 4.79 Å². The highest BCUT2D eigenvalue weighted by Gasteiger charge is 2.17. The molecule has 4 N–H and O–H groups in total. The normalized spacial score (nSPS) is 14.0. The molecule has 1 saturated carbocycles. The number of hydrogen-bond donors (Lipinski definition) is 3. The summed E-state index contributed by atoms with van der Waals surface area (Å²) in [6, 6.07) is 7.42. The van der Waals surface area contributed by atoms with E-state index in [2.05, 4.69) is 10.6 Å². The van der Waals surface area contributed by atoms with E-state index in [1.165, 1.54) is 12.8 Å². The predicted molar refractivity (Wildman–Crippen MR) is 104 cm³/mol. The molecule has 5 nitrogen and oxygen atoms in total. The van der Waals surface area contributed by atoms with Gasteiger partial charge < -0.3 is 16.4 Å². The Morgan fingerprint density at radius 3 is 2.28 bits per heavy atom. The molecular formula is C19H30ClN3O2. The third-order valence-electron chi connectivity index (χ3n) is 4.48. The minimum Gasteiger partial charge on any atom is -0.349 e. The molecule has 0 radical (unpaired) electrons. The lowest BCUT2D eigenvalue weighted by Crippen LogP contribution is -2.32. The molecule has 0 heterocycles. The van der Waals surface area contributed by atoms with Crippen LogP contribution in [0.5, 0.6) is 0 Å². The van der Waals surface area contributed by atoms with E-state index in [1.54, 1.807) is 24.3 Å². The quantitative estimate of drug-likeness (QED) is 0.582. The third kappa shape index (κ3) is 7.88. The molecule has 1 fully saturated rings. The Kier molecular flexibility index (Phi) is 10.2. The summed E-state index contributed by atoms with van der Waals surface area (Å²) >= 11 is 0. The van der Waals surface area contributed by atoms with E-state index in [0.717, 1.165) is 44.2 Å². The van der Waals surface area contributed by atoms with Crippen molar-refractivity contribution in [3.63, 3.8) is 0 Å². The second kappa shape index (κ2) is 11.9. The van der Waals surface area contributed by atoms with Crippen LogP contribution < -0.4 is 16.4 Å². The van der Waals surface area contributed by atoms with E-state index in [0.29, 0.717) is 24.6 Å². The average Bonchev–Trinajstić information content (AvgIpc) is 3.08. The molecule has 140 valence electrons. The van der Waals surface area contributed by atoms with Crippen molar-refractivity contribution in [1.82, 2.24) is 5.32 Å². The lowest BCUT2D eigenvalue weighted by atomic mass is 10.1. The molecule has 0 spiro atoms. The van der Waals surface area contributed by atoms with Gasteiger partial charge in [0.1, 0.15) is 0 Å². The SMILES string of the molecule is Cl.NCCCCCCC(=O)Nc1ccc(C(=O)NC2CCCC2)cc1. The molecule has 6 heteroatoms. The molecule has 0 bridgehead atoms. The number of carbonyl (C=O) groups excluding carboxylic acids is 2. The fraction of sp³-hybridized carbons (Fsp3) is 0.579. The van der Waals surface area contributed by atoms with Crippen molar-refractivity contribution < 1.29 is 9.59 Å². The zero-order valence-electron chi connectivity index (χ0n) is 14.8. The minimum atomic E-state index is -0.0281. The van der Waals surface area contributed by atoms with Crippen LogP contribution in [0.3, 0.4) is 0 Å². The van der Waals surface area contributed by atoms with Gasteiger partial charge in [0.2, 0.25) is 5.91 Å².